The van der Waals surface area contributed by atoms with E-state index >= 15 is 0 Å². The van der Waals surface area contributed by atoms with Crippen LogP contribution in [0, 0.1) is 19.7 Å². The summed E-state index contributed by atoms with van der Waals surface area (Å²) in [4.78, 5) is 0. The van der Waals surface area contributed by atoms with Crippen molar-refractivity contribution in [3.05, 3.63) is 51.9 Å². The van der Waals surface area contributed by atoms with Crippen molar-refractivity contribution < 1.29 is 9.13 Å². The highest BCUT2D eigenvalue weighted by Gasteiger charge is 2.08. The Hall–Kier alpha value is -1.68. The molecule has 18 heavy (non-hydrogen) atoms. The van der Waals surface area contributed by atoms with Gasteiger partial charge in [-0.05, 0) is 31.5 Å². The Balaban J connectivity index is 2.14. The van der Waals surface area contributed by atoms with Crippen molar-refractivity contribution in [2.24, 2.45) is 0 Å². The minimum atomic E-state index is -0.390. The molecule has 1 aromatic carbocycles. The van der Waals surface area contributed by atoms with Gasteiger partial charge in [0, 0.05) is 11.6 Å². The molecule has 0 saturated heterocycles. The quantitative estimate of drug-likeness (QED) is 0.853. The van der Waals surface area contributed by atoms with Crippen molar-refractivity contribution in [3.8, 4) is 5.88 Å². The van der Waals surface area contributed by atoms with Crippen LogP contribution in [0.3, 0.4) is 0 Å². The van der Waals surface area contributed by atoms with Crippen LogP contribution in [-0.2, 0) is 6.61 Å². The molecule has 0 N–H and O–H groups in total. The molecule has 0 aliphatic rings. The minimum absolute atomic E-state index is 0.0304. The first-order valence-corrected chi connectivity index (χ1v) is 5.82. The van der Waals surface area contributed by atoms with Gasteiger partial charge >= 0.3 is 0 Å². The smallest absolute Gasteiger partial charge is 0.233 e. The Kier molecular flexibility index (Phi) is 3.77. The number of rotatable bonds is 3. The summed E-state index contributed by atoms with van der Waals surface area (Å²) in [5.74, 6) is -0.0308. The van der Waals surface area contributed by atoms with Crippen LogP contribution in [0.2, 0.25) is 5.02 Å². The number of aromatic nitrogens is 2. The molecule has 0 radical (unpaired) electrons. The normalized spacial score (nSPS) is 10.4. The Morgan fingerprint density at radius 3 is 2.72 bits per heavy atom. The van der Waals surface area contributed by atoms with Crippen LogP contribution in [0.1, 0.15) is 16.8 Å². The van der Waals surface area contributed by atoms with E-state index in [-0.39, 0.29) is 12.4 Å². The second-order valence-corrected chi connectivity index (χ2v) is 4.35. The first-order chi connectivity index (χ1) is 8.58. The molecule has 0 fully saturated rings. The SMILES string of the molecule is Cc1cc(OCc2c(F)cccc2Cl)nnc1C. The van der Waals surface area contributed by atoms with Gasteiger partial charge in [0.05, 0.1) is 10.7 Å². The summed E-state index contributed by atoms with van der Waals surface area (Å²) < 4.78 is 18.9. The molecule has 0 saturated carbocycles. The molecule has 1 heterocycles. The third kappa shape index (κ3) is 2.76. The zero-order valence-electron chi connectivity index (χ0n) is 10.1. The van der Waals surface area contributed by atoms with Gasteiger partial charge in [-0.25, -0.2) is 4.39 Å². The number of benzene rings is 1. The third-order valence-corrected chi connectivity index (χ3v) is 2.99. The number of nitrogens with zero attached hydrogens (tertiary/aromatic N) is 2. The van der Waals surface area contributed by atoms with E-state index in [1.807, 2.05) is 13.8 Å². The van der Waals surface area contributed by atoms with Gasteiger partial charge in [-0.2, -0.15) is 5.10 Å². The van der Waals surface area contributed by atoms with Crippen molar-refractivity contribution in [2.75, 3.05) is 0 Å². The topological polar surface area (TPSA) is 35.0 Å². The van der Waals surface area contributed by atoms with E-state index in [9.17, 15) is 4.39 Å². The number of aryl methyl sites for hydroxylation is 2. The maximum absolute atomic E-state index is 13.5. The molecule has 0 aliphatic carbocycles. The highest BCUT2D eigenvalue weighted by molar-refractivity contribution is 6.31. The first-order valence-electron chi connectivity index (χ1n) is 5.44. The fourth-order valence-electron chi connectivity index (χ4n) is 1.41. The van der Waals surface area contributed by atoms with E-state index in [0.717, 1.165) is 11.3 Å². The van der Waals surface area contributed by atoms with Crippen LogP contribution in [0.25, 0.3) is 0 Å². The van der Waals surface area contributed by atoms with Gasteiger partial charge in [0.2, 0.25) is 5.88 Å². The molecule has 0 unspecified atom stereocenters. The van der Waals surface area contributed by atoms with E-state index in [1.54, 1.807) is 18.2 Å². The molecule has 5 heteroatoms. The van der Waals surface area contributed by atoms with Gasteiger partial charge in [0.25, 0.3) is 0 Å². The Morgan fingerprint density at radius 2 is 2.06 bits per heavy atom. The highest BCUT2D eigenvalue weighted by atomic mass is 35.5. The lowest BCUT2D eigenvalue weighted by Gasteiger charge is -2.08. The minimum Gasteiger partial charge on any atom is -0.472 e. The van der Waals surface area contributed by atoms with Gasteiger partial charge in [0.15, 0.2) is 0 Å². The molecule has 2 aromatic rings. The van der Waals surface area contributed by atoms with Crippen molar-refractivity contribution >= 4 is 11.6 Å². The van der Waals surface area contributed by atoms with E-state index < -0.39 is 0 Å². The Labute approximate surface area is 110 Å². The van der Waals surface area contributed by atoms with Crippen molar-refractivity contribution in [1.29, 1.82) is 0 Å². The van der Waals surface area contributed by atoms with Crippen LogP contribution < -0.4 is 4.74 Å². The predicted molar refractivity (Wildman–Crippen MR) is 67.2 cm³/mol. The van der Waals surface area contributed by atoms with Crippen LogP contribution in [-0.4, -0.2) is 10.2 Å². The van der Waals surface area contributed by atoms with Crippen LogP contribution in [0.5, 0.6) is 5.88 Å². The second kappa shape index (κ2) is 5.31. The summed E-state index contributed by atoms with van der Waals surface area (Å²) in [5.41, 5.74) is 2.13. The lowest BCUT2D eigenvalue weighted by molar-refractivity contribution is 0.284. The Morgan fingerprint density at radius 1 is 1.28 bits per heavy atom. The largest absolute Gasteiger partial charge is 0.472 e. The standard InChI is InChI=1S/C13H12ClFN2O/c1-8-6-13(17-16-9(8)2)18-7-10-11(14)4-3-5-12(10)15/h3-6H,7H2,1-2H3. The van der Waals surface area contributed by atoms with Crippen LogP contribution in [0.15, 0.2) is 24.3 Å². The first kappa shape index (κ1) is 12.8. The number of ether oxygens (including phenoxy) is 1. The number of hydrogen-bond donors (Lipinski definition) is 0. The summed E-state index contributed by atoms with van der Waals surface area (Å²) >= 11 is 5.90. The molecule has 0 aliphatic heterocycles. The molecular formula is C13H12ClFN2O. The fraction of sp³-hybridized carbons (Fsp3) is 0.231. The third-order valence-electron chi connectivity index (χ3n) is 2.64. The lowest BCUT2D eigenvalue weighted by Crippen LogP contribution is -2.02. The molecule has 0 bridgehead atoms. The van der Waals surface area contributed by atoms with E-state index in [1.165, 1.54) is 6.07 Å². The molecular weight excluding hydrogens is 255 g/mol. The number of halogens is 2. The van der Waals surface area contributed by atoms with Crippen LogP contribution >= 0.6 is 11.6 Å². The average Bonchev–Trinajstić information content (AvgIpc) is 2.33. The fourth-order valence-corrected chi connectivity index (χ4v) is 1.63. The van der Waals surface area contributed by atoms with Crippen molar-refractivity contribution in [3.63, 3.8) is 0 Å². The zero-order chi connectivity index (χ0) is 13.1. The molecule has 0 spiro atoms. The molecule has 94 valence electrons. The lowest BCUT2D eigenvalue weighted by atomic mass is 10.2. The van der Waals surface area contributed by atoms with Gasteiger partial charge in [-0.1, -0.05) is 17.7 Å². The zero-order valence-corrected chi connectivity index (χ0v) is 10.8. The van der Waals surface area contributed by atoms with Crippen molar-refractivity contribution in [2.45, 2.75) is 20.5 Å². The van der Waals surface area contributed by atoms with E-state index in [0.29, 0.717) is 16.5 Å². The highest BCUT2D eigenvalue weighted by Crippen LogP contribution is 2.21. The summed E-state index contributed by atoms with van der Waals surface area (Å²) in [7, 11) is 0. The van der Waals surface area contributed by atoms with Crippen molar-refractivity contribution in [1.82, 2.24) is 10.2 Å². The van der Waals surface area contributed by atoms with E-state index in [2.05, 4.69) is 10.2 Å². The number of hydrogen-bond acceptors (Lipinski definition) is 3. The molecule has 3 nitrogen and oxygen atoms in total. The Bertz CT molecular complexity index is 555. The summed E-state index contributed by atoms with van der Waals surface area (Å²) in [5, 5.41) is 8.15. The summed E-state index contributed by atoms with van der Waals surface area (Å²) in [6.45, 7) is 3.80. The maximum atomic E-state index is 13.5. The van der Waals surface area contributed by atoms with Gasteiger partial charge < -0.3 is 4.74 Å². The van der Waals surface area contributed by atoms with Gasteiger partial charge in [0.1, 0.15) is 12.4 Å². The maximum Gasteiger partial charge on any atom is 0.233 e. The van der Waals surface area contributed by atoms with E-state index in [4.69, 9.17) is 16.3 Å². The van der Waals surface area contributed by atoms with Gasteiger partial charge in [-0.15, -0.1) is 5.10 Å². The molecule has 1 aromatic heterocycles. The second-order valence-electron chi connectivity index (χ2n) is 3.94. The molecule has 0 amide bonds. The van der Waals surface area contributed by atoms with Gasteiger partial charge in [-0.3, -0.25) is 0 Å². The molecule has 2 rings (SSSR count). The molecule has 0 atom stereocenters. The monoisotopic (exact) mass is 266 g/mol. The summed E-state index contributed by atoms with van der Waals surface area (Å²) in [6, 6.07) is 6.28. The summed E-state index contributed by atoms with van der Waals surface area (Å²) in [6.07, 6.45) is 0. The average molecular weight is 267 g/mol. The predicted octanol–water partition coefficient (Wildman–Crippen LogP) is 3.46. The van der Waals surface area contributed by atoms with Crippen LogP contribution in [0.4, 0.5) is 4.39 Å².